The lowest BCUT2D eigenvalue weighted by Gasteiger charge is -2.26. The standard InChI is InChI=1S/C27H34N4O6/c1-14(2)23-27(36)29-16(5)24(33)30-21(26(35)28-15(3)4)12-17-6-8-18(9-7-17)37-19-10-11-22(32)20(13-19)25(34)31-23/h6-11,13-16,21,23,32H,12H2,1-5H3,(H,28,35)(H,29,36)(H,30,33)(H,31,34)/t16-,21+,23-/m0/s1. The molecule has 0 aliphatic carbocycles. The van der Waals surface area contributed by atoms with Crippen molar-refractivity contribution in [3.05, 3.63) is 53.6 Å². The molecular formula is C27H34N4O6. The summed E-state index contributed by atoms with van der Waals surface area (Å²) in [5.41, 5.74) is 0.721. The predicted molar refractivity (Wildman–Crippen MR) is 137 cm³/mol. The van der Waals surface area contributed by atoms with Gasteiger partial charge in [0.1, 0.15) is 35.4 Å². The lowest BCUT2D eigenvalue weighted by molar-refractivity contribution is -0.132. The molecule has 2 aliphatic rings. The summed E-state index contributed by atoms with van der Waals surface area (Å²) in [5, 5.41) is 21.1. The number of rotatable bonds is 3. The molecule has 5 N–H and O–H groups in total. The van der Waals surface area contributed by atoms with Gasteiger partial charge in [-0.25, -0.2) is 0 Å². The van der Waals surface area contributed by atoms with Crippen molar-refractivity contribution in [3.63, 3.8) is 0 Å². The maximum Gasteiger partial charge on any atom is 0.255 e. The molecule has 10 heteroatoms. The number of phenolic OH excluding ortho intramolecular Hbond substituents is 1. The molecule has 0 spiro atoms. The van der Waals surface area contributed by atoms with E-state index >= 15 is 0 Å². The number of carbonyl (C=O) groups is 4. The molecule has 0 unspecified atom stereocenters. The summed E-state index contributed by atoms with van der Waals surface area (Å²) in [5.74, 6) is -1.93. The Morgan fingerprint density at radius 2 is 1.59 bits per heavy atom. The Hall–Kier alpha value is -4.08. The fourth-order valence-corrected chi connectivity index (χ4v) is 3.84. The fraction of sp³-hybridized carbons (Fsp3) is 0.407. The van der Waals surface area contributed by atoms with Crippen LogP contribution >= 0.6 is 0 Å². The van der Waals surface area contributed by atoms with Gasteiger partial charge in [0.25, 0.3) is 5.91 Å². The van der Waals surface area contributed by atoms with E-state index < -0.39 is 35.8 Å². The molecule has 2 aromatic carbocycles. The van der Waals surface area contributed by atoms with Crippen LogP contribution in [0.5, 0.6) is 17.2 Å². The van der Waals surface area contributed by atoms with Gasteiger partial charge in [-0.3, -0.25) is 19.2 Å². The summed E-state index contributed by atoms with van der Waals surface area (Å²) in [4.78, 5) is 51.8. The minimum absolute atomic E-state index is 0.0570. The van der Waals surface area contributed by atoms with Gasteiger partial charge in [-0.05, 0) is 62.6 Å². The molecule has 198 valence electrons. The summed E-state index contributed by atoms with van der Waals surface area (Å²) in [6.07, 6.45) is 0.222. The van der Waals surface area contributed by atoms with Gasteiger partial charge in [-0.15, -0.1) is 0 Å². The third-order valence-corrected chi connectivity index (χ3v) is 5.86. The SMILES string of the molecule is CC(C)NC(=O)[C@H]1Cc2ccc(cc2)Oc2ccc(O)c(c2)C(=O)N[C@@H](C(C)C)C(=O)N[C@@H](C)C(=O)N1. The maximum absolute atomic E-state index is 13.0. The Morgan fingerprint density at radius 3 is 2.22 bits per heavy atom. The molecule has 4 rings (SSSR count). The van der Waals surface area contributed by atoms with E-state index in [4.69, 9.17) is 4.74 Å². The van der Waals surface area contributed by atoms with Crippen molar-refractivity contribution in [2.24, 2.45) is 5.92 Å². The van der Waals surface area contributed by atoms with Crippen molar-refractivity contribution in [2.45, 2.75) is 65.2 Å². The van der Waals surface area contributed by atoms with Gasteiger partial charge in [0, 0.05) is 12.5 Å². The van der Waals surface area contributed by atoms with Crippen molar-refractivity contribution in [2.75, 3.05) is 0 Å². The predicted octanol–water partition coefficient (Wildman–Crippen LogP) is 2.01. The van der Waals surface area contributed by atoms with Gasteiger partial charge in [0.05, 0.1) is 5.56 Å². The van der Waals surface area contributed by atoms with Crippen LogP contribution in [0.1, 0.15) is 50.5 Å². The number of hydrogen-bond acceptors (Lipinski definition) is 6. The maximum atomic E-state index is 13.0. The molecule has 0 saturated heterocycles. The Labute approximate surface area is 216 Å². The number of carbonyl (C=O) groups excluding carboxylic acids is 4. The normalized spacial score (nSPS) is 20.8. The number of amides is 4. The van der Waals surface area contributed by atoms with Crippen LogP contribution in [0, 0.1) is 5.92 Å². The monoisotopic (exact) mass is 510 g/mol. The summed E-state index contributed by atoms with van der Waals surface area (Å²) in [6, 6.07) is 8.24. The van der Waals surface area contributed by atoms with Crippen LogP contribution in [0.4, 0.5) is 0 Å². The van der Waals surface area contributed by atoms with Gasteiger partial charge >= 0.3 is 0 Å². The minimum atomic E-state index is -0.988. The van der Waals surface area contributed by atoms with Crippen LogP contribution in [0.25, 0.3) is 0 Å². The van der Waals surface area contributed by atoms with Crippen LogP contribution in [0.3, 0.4) is 0 Å². The Kier molecular flexibility index (Phi) is 8.75. The van der Waals surface area contributed by atoms with Gasteiger partial charge in [-0.2, -0.15) is 0 Å². The highest BCUT2D eigenvalue weighted by Gasteiger charge is 2.30. The zero-order valence-electron chi connectivity index (χ0n) is 21.6. The van der Waals surface area contributed by atoms with E-state index in [0.717, 1.165) is 5.56 Å². The highest BCUT2D eigenvalue weighted by molar-refractivity contribution is 6.00. The Morgan fingerprint density at radius 1 is 0.946 bits per heavy atom. The summed E-state index contributed by atoms with van der Waals surface area (Å²) in [7, 11) is 0. The number of benzene rings is 2. The van der Waals surface area contributed by atoms with Crippen molar-refractivity contribution in [3.8, 4) is 17.2 Å². The van der Waals surface area contributed by atoms with Crippen LogP contribution in [0.15, 0.2) is 42.5 Å². The number of hydrogen-bond donors (Lipinski definition) is 5. The number of ether oxygens (including phenoxy) is 1. The first-order valence-corrected chi connectivity index (χ1v) is 12.3. The number of phenols is 1. The van der Waals surface area contributed by atoms with Crippen molar-refractivity contribution in [1.82, 2.24) is 21.3 Å². The molecule has 0 fully saturated rings. The van der Waals surface area contributed by atoms with Crippen LogP contribution in [-0.2, 0) is 20.8 Å². The van der Waals surface area contributed by atoms with Crippen molar-refractivity contribution >= 4 is 23.6 Å². The van der Waals surface area contributed by atoms with E-state index in [1.807, 2.05) is 13.8 Å². The molecule has 0 saturated carbocycles. The van der Waals surface area contributed by atoms with E-state index in [-0.39, 0.29) is 35.6 Å². The smallest absolute Gasteiger partial charge is 0.255 e. The first-order valence-electron chi connectivity index (χ1n) is 12.3. The van der Waals surface area contributed by atoms with Gasteiger partial charge < -0.3 is 31.1 Å². The second-order valence-electron chi connectivity index (χ2n) is 9.78. The zero-order valence-corrected chi connectivity index (χ0v) is 21.6. The van der Waals surface area contributed by atoms with Crippen molar-refractivity contribution < 1.29 is 29.0 Å². The average molecular weight is 511 g/mol. The Balaban J connectivity index is 2.00. The van der Waals surface area contributed by atoms with Gasteiger partial charge in [-0.1, -0.05) is 26.0 Å². The Bertz CT molecular complexity index is 1160. The molecule has 37 heavy (non-hydrogen) atoms. The highest BCUT2D eigenvalue weighted by Crippen LogP contribution is 2.28. The summed E-state index contributed by atoms with van der Waals surface area (Å²) >= 11 is 0. The first-order chi connectivity index (χ1) is 17.4. The van der Waals surface area contributed by atoms with Crippen LogP contribution in [0.2, 0.25) is 0 Å². The number of fused-ring (bicyclic) bond motifs is 11. The lowest BCUT2D eigenvalue weighted by atomic mass is 10.0. The molecule has 0 radical (unpaired) electrons. The van der Waals surface area contributed by atoms with Gasteiger partial charge in [0.15, 0.2) is 0 Å². The minimum Gasteiger partial charge on any atom is -0.507 e. The third-order valence-electron chi connectivity index (χ3n) is 5.86. The molecule has 2 heterocycles. The van der Waals surface area contributed by atoms with E-state index in [1.165, 1.54) is 25.1 Å². The first kappa shape index (κ1) is 27.5. The molecular weight excluding hydrogens is 476 g/mol. The summed E-state index contributed by atoms with van der Waals surface area (Å²) in [6.45, 7) is 8.64. The number of nitrogens with one attached hydrogen (secondary N) is 4. The largest absolute Gasteiger partial charge is 0.507 e. The molecule has 10 nitrogen and oxygen atoms in total. The zero-order chi connectivity index (χ0) is 27.3. The van der Waals surface area contributed by atoms with Gasteiger partial charge in [0.2, 0.25) is 17.7 Å². The molecule has 4 amide bonds. The van der Waals surface area contributed by atoms with Crippen LogP contribution in [-0.4, -0.2) is 52.9 Å². The van der Waals surface area contributed by atoms with Crippen LogP contribution < -0.4 is 26.0 Å². The fourth-order valence-electron chi connectivity index (χ4n) is 3.84. The topological polar surface area (TPSA) is 146 Å². The average Bonchev–Trinajstić information content (AvgIpc) is 2.82. The van der Waals surface area contributed by atoms with Crippen molar-refractivity contribution in [1.29, 1.82) is 0 Å². The molecule has 2 aliphatic heterocycles. The molecule has 0 aromatic heterocycles. The quantitative estimate of drug-likeness (QED) is 0.399. The second kappa shape index (κ2) is 11.8. The summed E-state index contributed by atoms with van der Waals surface area (Å²) < 4.78 is 5.85. The van der Waals surface area contributed by atoms with E-state index in [1.54, 1.807) is 38.1 Å². The molecule has 3 atom stereocenters. The van der Waals surface area contributed by atoms with E-state index in [9.17, 15) is 24.3 Å². The van der Waals surface area contributed by atoms with E-state index in [0.29, 0.717) is 11.5 Å². The highest BCUT2D eigenvalue weighted by atomic mass is 16.5. The molecule has 2 aromatic rings. The molecule has 4 bridgehead atoms. The van der Waals surface area contributed by atoms with E-state index in [2.05, 4.69) is 21.3 Å². The number of aromatic hydroxyl groups is 1. The second-order valence-corrected chi connectivity index (χ2v) is 9.78. The third kappa shape index (κ3) is 7.22. The lowest BCUT2D eigenvalue weighted by Crippen LogP contribution is -2.57.